The lowest BCUT2D eigenvalue weighted by atomic mass is 10.2. The molecule has 0 aliphatic rings. The number of aromatic nitrogens is 3. The largest absolute Gasteiger partial charge is 0.506 e. The monoisotopic (exact) mass is 632 g/mol. The number of nitrogens with one attached hydrogen (secondary N) is 3. The zero-order valence-electron chi connectivity index (χ0n) is 18.2. The van der Waals surface area contributed by atoms with Gasteiger partial charge in [-0.15, -0.1) is 0 Å². The van der Waals surface area contributed by atoms with Crippen LogP contribution in [0.1, 0.15) is 5.56 Å². The Hall–Kier alpha value is -3.59. The molecule has 0 radical (unpaired) electrons. The summed E-state index contributed by atoms with van der Waals surface area (Å²) in [4.78, 5) is 13.0. The SMILES string of the molecule is NS(=O)(=O)c1ccc(Nc2nc(N/N=C/c3cc(Br)c(O)c(Br)c3)nc(Nc3ccccc3)n2)cc1. The lowest BCUT2D eigenvalue weighted by Gasteiger charge is -2.10. The van der Waals surface area contributed by atoms with Crippen molar-refractivity contribution >= 4 is 77.3 Å². The van der Waals surface area contributed by atoms with Crippen LogP contribution in [0.5, 0.6) is 5.75 Å². The summed E-state index contributed by atoms with van der Waals surface area (Å²) in [5.74, 6) is 0.648. The summed E-state index contributed by atoms with van der Waals surface area (Å²) in [6.45, 7) is 0. The predicted octanol–water partition coefficient (Wildman–Crippen LogP) is 4.68. The number of nitrogens with zero attached hydrogens (tertiary/aromatic N) is 4. The standard InChI is InChI=1S/C22H18Br2N8O3S/c23-17-10-13(11-18(24)19(17)33)12-26-32-22-30-20(27-14-4-2-1-3-5-14)29-21(31-22)28-15-6-8-16(9-7-15)36(25,34)35/h1-12,33H,(H2,25,34,35)(H3,27,28,29,30,31,32)/b26-12+. The second kappa shape index (κ2) is 11.0. The van der Waals surface area contributed by atoms with E-state index >= 15 is 0 Å². The Kier molecular flexibility index (Phi) is 7.79. The number of hydrazone groups is 1. The van der Waals surface area contributed by atoms with Gasteiger partial charge in [0.25, 0.3) is 0 Å². The van der Waals surface area contributed by atoms with Gasteiger partial charge in [-0.3, -0.25) is 0 Å². The van der Waals surface area contributed by atoms with Crippen LogP contribution in [0.25, 0.3) is 0 Å². The van der Waals surface area contributed by atoms with Crippen LogP contribution in [0, 0.1) is 0 Å². The number of halogens is 2. The van der Waals surface area contributed by atoms with Crippen LogP contribution in [0.4, 0.5) is 29.2 Å². The normalized spacial score (nSPS) is 11.4. The predicted molar refractivity (Wildman–Crippen MR) is 145 cm³/mol. The number of hydrogen-bond donors (Lipinski definition) is 5. The Morgan fingerprint density at radius 3 is 1.92 bits per heavy atom. The van der Waals surface area contributed by atoms with Crippen LogP contribution in [-0.4, -0.2) is 34.7 Å². The van der Waals surface area contributed by atoms with E-state index in [1.54, 1.807) is 24.3 Å². The zero-order chi connectivity index (χ0) is 25.7. The Labute approximate surface area is 223 Å². The number of primary sulfonamides is 1. The van der Waals surface area contributed by atoms with Crippen molar-refractivity contribution in [1.82, 2.24) is 15.0 Å². The molecule has 0 saturated carbocycles. The van der Waals surface area contributed by atoms with Gasteiger partial charge in [0.2, 0.25) is 27.9 Å². The Balaban J connectivity index is 1.59. The van der Waals surface area contributed by atoms with E-state index in [1.165, 1.54) is 18.3 Å². The summed E-state index contributed by atoms with van der Waals surface area (Å²) >= 11 is 6.56. The van der Waals surface area contributed by atoms with Gasteiger partial charge in [-0.2, -0.15) is 20.1 Å². The molecule has 0 spiro atoms. The maximum Gasteiger partial charge on any atom is 0.250 e. The number of phenolic OH excluding ortho intramolecular Hbond substituents is 1. The molecule has 4 aromatic rings. The number of nitrogens with two attached hydrogens (primary N) is 1. The fourth-order valence-corrected chi connectivity index (χ4v) is 4.61. The van der Waals surface area contributed by atoms with Crippen molar-refractivity contribution in [1.29, 1.82) is 0 Å². The molecule has 11 nitrogen and oxygen atoms in total. The maximum absolute atomic E-state index is 11.5. The van der Waals surface area contributed by atoms with Crippen LogP contribution < -0.4 is 21.2 Å². The molecule has 3 aromatic carbocycles. The molecule has 4 rings (SSSR count). The summed E-state index contributed by atoms with van der Waals surface area (Å²) in [5, 5.41) is 25.3. The van der Waals surface area contributed by atoms with E-state index in [1.807, 2.05) is 30.3 Å². The smallest absolute Gasteiger partial charge is 0.250 e. The fourth-order valence-electron chi connectivity index (χ4n) is 2.87. The van der Waals surface area contributed by atoms with E-state index in [-0.39, 0.29) is 28.5 Å². The van der Waals surface area contributed by atoms with Crippen molar-refractivity contribution in [2.45, 2.75) is 4.90 Å². The lowest BCUT2D eigenvalue weighted by Crippen LogP contribution is -2.12. The van der Waals surface area contributed by atoms with Crippen molar-refractivity contribution < 1.29 is 13.5 Å². The van der Waals surface area contributed by atoms with E-state index in [0.29, 0.717) is 20.2 Å². The van der Waals surface area contributed by atoms with Gasteiger partial charge in [0.15, 0.2) is 0 Å². The van der Waals surface area contributed by atoms with Crippen molar-refractivity contribution in [2.24, 2.45) is 10.2 Å². The number of sulfonamides is 1. The molecule has 6 N–H and O–H groups in total. The molecule has 0 fully saturated rings. The fraction of sp³-hybridized carbons (Fsp3) is 0. The van der Waals surface area contributed by atoms with Crippen LogP contribution in [0.15, 0.2) is 85.7 Å². The Morgan fingerprint density at radius 1 is 0.833 bits per heavy atom. The zero-order valence-corrected chi connectivity index (χ0v) is 22.2. The molecule has 0 atom stereocenters. The molecule has 0 saturated heterocycles. The molecule has 0 aliphatic carbocycles. The lowest BCUT2D eigenvalue weighted by molar-refractivity contribution is 0.468. The van der Waals surface area contributed by atoms with Gasteiger partial charge >= 0.3 is 0 Å². The van der Waals surface area contributed by atoms with E-state index in [2.05, 4.69) is 68.0 Å². The molecule has 0 bridgehead atoms. The molecule has 0 unspecified atom stereocenters. The van der Waals surface area contributed by atoms with Gasteiger partial charge in [-0.05, 0) is 86.0 Å². The maximum atomic E-state index is 11.5. The van der Waals surface area contributed by atoms with Crippen molar-refractivity contribution in [2.75, 3.05) is 16.1 Å². The highest BCUT2D eigenvalue weighted by Gasteiger charge is 2.10. The molecule has 0 aliphatic heterocycles. The van der Waals surface area contributed by atoms with Crippen molar-refractivity contribution in [3.8, 4) is 5.75 Å². The summed E-state index contributed by atoms with van der Waals surface area (Å²) in [7, 11) is -3.81. The molecule has 1 heterocycles. The number of aromatic hydroxyl groups is 1. The Bertz CT molecular complexity index is 1500. The van der Waals surface area contributed by atoms with Gasteiger partial charge in [0.1, 0.15) is 5.75 Å². The molecular weight excluding hydrogens is 616 g/mol. The van der Waals surface area contributed by atoms with Gasteiger partial charge < -0.3 is 15.7 Å². The number of anilines is 5. The third kappa shape index (κ3) is 6.75. The minimum atomic E-state index is -3.81. The second-order valence-corrected chi connectivity index (χ2v) is 10.5. The molecule has 14 heteroatoms. The van der Waals surface area contributed by atoms with E-state index in [4.69, 9.17) is 5.14 Å². The van der Waals surface area contributed by atoms with Crippen molar-refractivity contribution in [3.63, 3.8) is 0 Å². The Morgan fingerprint density at radius 2 is 1.36 bits per heavy atom. The minimum absolute atomic E-state index is 0.0145. The molecule has 184 valence electrons. The number of para-hydroxylation sites is 1. The summed E-state index contributed by atoms with van der Waals surface area (Å²) in [6, 6.07) is 18.6. The quantitative estimate of drug-likeness (QED) is 0.137. The highest BCUT2D eigenvalue weighted by atomic mass is 79.9. The van der Waals surface area contributed by atoms with Crippen molar-refractivity contribution in [3.05, 3.63) is 81.2 Å². The van der Waals surface area contributed by atoms with E-state index in [0.717, 1.165) is 5.69 Å². The van der Waals surface area contributed by atoms with E-state index < -0.39 is 10.0 Å². The second-order valence-electron chi connectivity index (χ2n) is 7.19. The first kappa shape index (κ1) is 25.5. The summed E-state index contributed by atoms with van der Waals surface area (Å²) in [5.41, 5.74) is 4.76. The number of phenols is 1. The number of benzene rings is 3. The highest BCUT2D eigenvalue weighted by molar-refractivity contribution is 9.11. The minimum Gasteiger partial charge on any atom is -0.506 e. The van der Waals surface area contributed by atoms with Crippen LogP contribution in [-0.2, 0) is 10.0 Å². The van der Waals surface area contributed by atoms with Crippen LogP contribution in [0.3, 0.4) is 0 Å². The van der Waals surface area contributed by atoms with Gasteiger partial charge in [0, 0.05) is 11.4 Å². The molecular formula is C22H18Br2N8O3S. The topological polar surface area (TPSA) is 168 Å². The van der Waals surface area contributed by atoms with Gasteiger partial charge in [-0.1, -0.05) is 18.2 Å². The van der Waals surface area contributed by atoms with E-state index in [9.17, 15) is 13.5 Å². The highest BCUT2D eigenvalue weighted by Crippen LogP contribution is 2.32. The average molecular weight is 634 g/mol. The third-order valence-corrected chi connectivity index (χ3v) is 6.66. The van der Waals surface area contributed by atoms with Gasteiger partial charge in [0.05, 0.1) is 20.1 Å². The molecule has 36 heavy (non-hydrogen) atoms. The van der Waals surface area contributed by atoms with Crippen LogP contribution >= 0.6 is 31.9 Å². The summed E-state index contributed by atoms with van der Waals surface area (Å²) < 4.78 is 24.0. The first-order valence-electron chi connectivity index (χ1n) is 10.1. The van der Waals surface area contributed by atoms with Crippen LogP contribution in [0.2, 0.25) is 0 Å². The first-order valence-corrected chi connectivity index (χ1v) is 13.3. The number of rotatable bonds is 8. The average Bonchev–Trinajstić information content (AvgIpc) is 2.83. The van der Waals surface area contributed by atoms with Gasteiger partial charge in [-0.25, -0.2) is 19.0 Å². The summed E-state index contributed by atoms with van der Waals surface area (Å²) in [6.07, 6.45) is 1.53. The number of hydrogen-bond acceptors (Lipinski definition) is 10. The third-order valence-electron chi connectivity index (χ3n) is 4.52. The molecule has 1 aromatic heterocycles. The first-order chi connectivity index (χ1) is 17.2. The molecule has 0 amide bonds.